The molecule has 3 aromatic rings. The van der Waals surface area contributed by atoms with Crippen LogP contribution in [0.25, 0.3) is 0 Å². The van der Waals surface area contributed by atoms with Crippen molar-refractivity contribution in [1.82, 2.24) is 5.32 Å². The highest BCUT2D eigenvalue weighted by Crippen LogP contribution is 2.36. The number of benzene rings is 2. The highest BCUT2D eigenvalue weighted by atomic mass is 32.1. The number of ether oxygens (including phenoxy) is 1. The van der Waals surface area contributed by atoms with Crippen LogP contribution >= 0.6 is 11.3 Å². The van der Waals surface area contributed by atoms with Crippen molar-refractivity contribution < 1.29 is 23.6 Å². The summed E-state index contributed by atoms with van der Waals surface area (Å²) in [6.45, 7) is 2.95. The molecular formula is C28H29N2O4S+. The van der Waals surface area contributed by atoms with Gasteiger partial charge in [0.25, 0.3) is 5.91 Å². The Labute approximate surface area is 209 Å². The highest BCUT2D eigenvalue weighted by molar-refractivity contribution is 7.12. The van der Waals surface area contributed by atoms with Crippen molar-refractivity contribution in [2.45, 2.75) is 25.0 Å². The second-order valence-corrected chi connectivity index (χ2v) is 10.5. The average molecular weight is 490 g/mol. The van der Waals surface area contributed by atoms with E-state index in [2.05, 4.69) is 5.32 Å². The number of quaternary nitrogens is 1. The van der Waals surface area contributed by atoms with Gasteiger partial charge in [0.2, 0.25) is 5.78 Å². The van der Waals surface area contributed by atoms with Gasteiger partial charge in [-0.3, -0.25) is 9.59 Å². The minimum Gasteiger partial charge on any atom is -0.454 e. The molecule has 6 rings (SSSR count). The number of nitrogens with one attached hydrogen (secondary N) is 1. The molecule has 1 N–H and O–H groups in total. The predicted molar refractivity (Wildman–Crippen MR) is 134 cm³/mol. The van der Waals surface area contributed by atoms with Gasteiger partial charge in [-0.25, -0.2) is 4.79 Å². The average Bonchev–Trinajstić information content (AvgIpc) is 3.44. The van der Waals surface area contributed by atoms with E-state index in [-0.39, 0.29) is 23.7 Å². The molecular weight excluding hydrogens is 460 g/mol. The maximum Gasteiger partial charge on any atom is 0.333 e. The molecule has 6 nitrogen and oxygen atoms in total. The maximum atomic E-state index is 13.5. The molecule has 7 heteroatoms. The van der Waals surface area contributed by atoms with E-state index < -0.39 is 12.0 Å². The van der Waals surface area contributed by atoms with Crippen molar-refractivity contribution in [3.05, 3.63) is 94.2 Å². The zero-order valence-electron chi connectivity index (χ0n) is 19.5. The Morgan fingerprint density at radius 2 is 1.63 bits per heavy atom. The smallest absolute Gasteiger partial charge is 0.333 e. The van der Waals surface area contributed by atoms with Crippen LogP contribution in [0.2, 0.25) is 0 Å². The number of piperidine rings is 3. The molecule has 1 amide bonds. The molecule has 0 saturated carbocycles. The van der Waals surface area contributed by atoms with E-state index in [9.17, 15) is 14.4 Å². The number of nitrogens with zero attached hydrogens (tertiary/aromatic N) is 1. The second-order valence-electron chi connectivity index (χ2n) is 9.53. The number of carbonyl (C=O) groups excluding carboxylic acids is 3. The number of thiophene rings is 1. The quantitative estimate of drug-likeness (QED) is 0.292. The third-order valence-electron chi connectivity index (χ3n) is 7.26. The summed E-state index contributed by atoms with van der Waals surface area (Å²) in [4.78, 5) is 40.0. The molecule has 2 atom stereocenters. The summed E-state index contributed by atoms with van der Waals surface area (Å²) in [5, 5.41) is 4.80. The van der Waals surface area contributed by atoms with Crippen LogP contribution in [-0.2, 0) is 9.53 Å². The standard InChI is InChI=1S/C28H28N2O4S/c31-23(25-12-7-17-35-25)18-30-15-13-20(14-16-30)24(19-30)34-28(33)26(21-8-3-1-4-9-21)29-27(32)22-10-5-2-6-11-22/h1-12,17,20,24,26H,13-16,18-19H2/p+1/t20?,24-,26-,30?/m0/s1. The number of rotatable bonds is 8. The summed E-state index contributed by atoms with van der Waals surface area (Å²) in [6, 6.07) is 20.9. The van der Waals surface area contributed by atoms with Crippen LogP contribution in [0.15, 0.2) is 78.2 Å². The number of esters is 1. The van der Waals surface area contributed by atoms with E-state index in [4.69, 9.17) is 4.74 Å². The molecule has 35 heavy (non-hydrogen) atoms. The third kappa shape index (κ3) is 5.21. The molecule has 2 aromatic carbocycles. The first-order chi connectivity index (χ1) is 17.0. The van der Waals surface area contributed by atoms with Crippen LogP contribution in [0.3, 0.4) is 0 Å². The van der Waals surface area contributed by atoms with Crippen LogP contribution < -0.4 is 5.32 Å². The summed E-state index contributed by atoms with van der Waals surface area (Å²) in [5.74, 6) is -0.336. The van der Waals surface area contributed by atoms with Gasteiger partial charge in [0.05, 0.1) is 18.0 Å². The Balaban J connectivity index is 1.31. The molecule has 1 aromatic heterocycles. The van der Waals surface area contributed by atoms with Gasteiger partial charge in [-0.1, -0.05) is 54.6 Å². The van der Waals surface area contributed by atoms with Gasteiger partial charge >= 0.3 is 5.97 Å². The summed E-state index contributed by atoms with van der Waals surface area (Å²) < 4.78 is 6.76. The zero-order chi connectivity index (χ0) is 24.3. The van der Waals surface area contributed by atoms with Crippen molar-refractivity contribution in [3.63, 3.8) is 0 Å². The molecule has 3 fully saturated rings. The van der Waals surface area contributed by atoms with E-state index >= 15 is 0 Å². The molecule has 3 aliphatic heterocycles. The lowest BCUT2D eigenvalue weighted by molar-refractivity contribution is -0.938. The number of amides is 1. The topological polar surface area (TPSA) is 72.5 Å². The second kappa shape index (κ2) is 10.1. The summed E-state index contributed by atoms with van der Waals surface area (Å²) in [6.07, 6.45) is 1.60. The lowest BCUT2D eigenvalue weighted by atomic mass is 9.83. The lowest BCUT2D eigenvalue weighted by Crippen LogP contribution is -2.65. The largest absolute Gasteiger partial charge is 0.454 e. The first-order valence-electron chi connectivity index (χ1n) is 12.1. The van der Waals surface area contributed by atoms with Gasteiger partial charge in [-0.15, -0.1) is 11.3 Å². The monoisotopic (exact) mass is 489 g/mol. The van der Waals surface area contributed by atoms with Crippen LogP contribution in [0.5, 0.6) is 0 Å². The van der Waals surface area contributed by atoms with Gasteiger partial charge < -0.3 is 14.5 Å². The van der Waals surface area contributed by atoms with Crippen molar-refractivity contribution >= 4 is 29.0 Å². The Kier molecular flexibility index (Phi) is 6.79. The van der Waals surface area contributed by atoms with Crippen LogP contribution in [-0.4, -0.2) is 54.4 Å². The van der Waals surface area contributed by atoms with Gasteiger partial charge in [-0.2, -0.15) is 0 Å². The van der Waals surface area contributed by atoms with Crippen molar-refractivity contribution in [2.24, 2.45) is 5.92 Å². The minimum atomic E-state index is -0.902. The molecule has 3 aliphatic rings. The molecule has 3 saturated heterocycles. The lowest BCUT2D eigenvalue weighted by Gasteiger charge is -2.51. The number of hydrogen-bond acceptors (Lipinski definition) is 5. The van der Waals surface area contributed by atoms with Gasteiger partial charge in [0, 0.05) is 24.3 Å². The van der Waals surface area contributed by atoms with Gasteiger partial charge in [0.15, 0.2) is 12.1 Å². The number of Topliss-reactive ketones (excluding diaryl/α,β-unsaturated/α-hetero) is 1. The van der Waals surface area contributed by atoms with Gasteiger partial charge in [0.1, 0.15) is 13.1 Å². The van der Waals surface area contributed by atoms with Crippen molar-refractivity contribution in [1.29, 1.82) is 0 Å². The fraction of sp³-hybridized carbons (Fsp3) is 0.321. The summed E-state index contributed by atoms with van der Waals surface area (Å²) in [5.41, 5.74) is 1.17. The molecule has 0 spiro atoms. The molecule has 2 bridgehead atoms. The van der Waals surface area contributed by atoms with E-state index in [0.29, 0.717) is 28.7 Å². The molecule has 0 unspecified atom stereocenters. The number of hydrogen-bond donors (Lipinski definition) is 1. The Morgan fingerprint density at radius 3 is 2.29 bits per heavy atom. The Bertz CT molecular complexity index is 1170. The minimum absolute atomic E-state index is 0.155. The highest BCUT2D eigenvalue weighted by Gasteiger charge is 2.49. The van der Waals surface area contributed by atoms with Crippen LogP contribution in [0, 0.1) is 5.92 Å². The Morgan fingerprint density at radius 1 is 0.943 bits per heavy atom. The van der Waals surface area contributed by atoms with Crippen LogP contribution in [0.4, 0.5) is 0 Å². The van der Waals surface area contributed by atoms with E-state index in [0.717, 1.165) is 30.8 Å². The van der Waals surface area contributed by atoms with Crippen molar-refractivity contribution in [2.75, 3.05) is 26.2 Å². The molecule has 0 aliphatic carbocycles. The molecule has 4 heterocycles. The van der Waals surface area contributed by atoms with Gasteiger partial charge in [-0.05, 0) is 29.1 Å². The molecule has 180 valence electrons. The summed E-state index contributed by atoms with van der Waals surface area (Å²) >= 11 is 1.47. The normalized spacial score (nSPS) is 23.9. The van der Waals surface area contributed by atoms with E-state index in [1.54, 1.807) is 24.3 Å². The Hall–Kier alpha value is -3.29. The fourth-order valence-electron chi connectivity index (χ4n) is 5.34. The van der Waals surface area contributed by atoms with E-state index in [1.807, 2.05) is 53.9 Å². The SMILES string of the molecule is O=C(N[C@H](C(=O)O[C@H]1C[N+]2(CC(=O)c3cccs3)CCC1CC2)c1ccccc1)c1ccccc1. The van der Waals surface area contributed by atoms with Crippen molar-refractivity contribution in [3.8, 4) is 0 Å². The first kappa shape index (κ1) is 23.5. The van der Waals surface area contributed by atoms with Crippen LogP contribution in [0.1, 0.15) is 44.5 Å². The first-order valence-corrected chi connectivity index (χ1v) is 12.9. The predicted octanol–water partition coefficient (Wildman–Crippen LogP) is 4.25. The van der Waals surface area contributed by atoms with E-state index in [1.165, 1.54) is 11.3 Å². The maximum absolute atomic E-state index is 13.5. The number of fused-ring (bicyclic) bond motifs is 3. The zero-order valence-corrected chi connectivity index (χ0v) is 20.3. The molecule has 0 radical (unpaired) electrons. The summed E-state index contributed by atoms with van der Waals surface area (Å²) in [7, 11) is 0. The number of ketones is 1. The fourth-order valence-corrected chi connectivity index (χ4v) is 6.00. The third-order valence-corrected chi connectivity index (χ3v) is 8.17. The number of carbonyl (C=O) groups is 3.